The van der Waals surface area contributed by atoms with Gasteiger partial charge >= 0.3 is 0 Å². The fraction of sp³-hybridized carbons (Fsp3) is 0.692. The molecule has 0 saturated carbocycles. The first kappa shape index (κ1) is 15.1. The highest BCUT2D eigenvalue weighted by Crippen LogP contribution is 2.24. The van der Waals surface area contributed by atoms with Crippen molar-refractivity contribution in [1.82, 2.24) is 9.97 Å². The second-order valence-corrected chi connectivity index (χ2v) is 5.15. The first-order valence-corrected chi connectivity index (χ1v) is 6.66. The number of aliphatic hydroxyl groups excluding tert-OH is 1. The van der Waals surface area contributed by atoms with Crippen LogP contribution >= 0.6 is 0 Å². The summed E-state index contributed by atoms with van der Waals surface area (Å²) in [4.78, 5) is 7.68. The Bertz CT molecular complexity index is 470. The van der Waals surface area contributed by atoms with Crippen LogP contribution in [-0.2, 0) is 15.9 Å². The number of aromatic nitrogens is 2. The third-order valence-corrected chi connectivity index (χ3v) is 3.13. The Balaban J connectivity index is 1.92. The van der Waals surface area contributed by atoms with E-state index >= 15 is 0 Å². The van der Waals surface area contributed by atoms with Gasteiger partial charge in [0.05, 0.1) is 18.4 Å². The lowest BCUT2D eigenvalue weighted by atomic mass is 10.2. The first-order chi connectivity index (χ1) is 9.43. The SMILES string of the molecule is CCc1ncnc(NCC(O)[C@H]2COC(C)(C)O2)c1F. The van der Waals surface area contributed by atoms with Gasteiger partial charge in [-0.3, -0.25) is 0 Å². The smallest absolute Gasteiger partial charge is 0.186 e. The number of nitrogens with one attached hydrogen (secondary N) is 1. The second kappa shape index (κ2) is 5.99. The molecule has 1 fully saturated rings. The molecule has 2 N–H and O–H groups in total. The summed E-state index contributed by atoms with van der Waals surface area (Å²) in [6.07, 6.45) is 0.540. The molecule has 0 amide bonds. The molecule has 1 aromatic heterocycles. The van der Waals surface area contributed by atoms with Crippen LogP contribution < -0.4 is 5.32 Å². The van der Waals surface area contributed by atoms with E-state index in [1.807, 2.05) is 6.92 Å². The van der Waals surface area contributed by atoms with Gasteiger partial charge < -0.3 is 19.9 Å². The Hall–Kier alpha value is -1.31. The summed E-state index contributed by atoms with van der Waals surface area (Å²) in [5, 5.41) is 12.8. The molecule has 7 heteroatoms. The standard InChI is InChI=1S/C13H20FN3O3/c1-4-8-11(14)12(17-7-16-8)15-5-9(18)10-6-19-13(2,3)20-10/h7,9-10,18H,4-6H2,1-3H3,(H,15,16,17)/t9?,10-/m1/s1. The second-order valence-electron chi connectivity index (χ2n) is 5.15. The number of aliphatic hydroxyl groups is 1. The Kier molecular flexibility index (Phi) is 4.52. The van der Waals surface area contributed by atoms with Crippen molar-refractivity contribution >= 4 is 5.82 Å². The first-order valence-electron chi connectivity index (χ1n) is 6.66. The van der Waals surface area contributed by atoms with E-state index in [0.717, 1.165) is 0 Å². The van der Waals surface area contributed by atoms with Crippen LogP contribution in [0.4, 0.5) is 10.2 Å². The van der Waals surface area contributed by atoms with Gasteiger partial charge in [0.15, 0.2) is 17.4 Å². The monoisotopic (exact) mass is 285 g/mol. The maximum absolute atomic E-state index is 13.9. The molecule has 20 heavy (non-hydrogen) atoms. The van der Waals surface area contributed by atoms with Crippen LogP contribution in [0.5, 0.6) is 0 Å². The minimum atomic E-state index is -0.809. The van der Waals surface area contributed by atoms with Gasteiger partial charge in [0, 0.05) is 6.54 Å². The zero-order chi connectivity index (χ0) is 14.8. The van der Waals surface area contributed by atoms with E-state index < -0.39 is 23.8 Å². The van der Waals surface area contributed by atoms with Crippen molar-refractivity contribution in [3.8, 4) is 0 Å². The molecule has 2 rings (SSSR count). The van der Waals surface area contributed by atoms with Crippen molar-refractivity contribution in [3.63, 3.8) is 0 Å². The Labute approximate surface area is 117 Å². The van der Waals surface area contributed by atoms with Crippen molar-refractivity contribution in [2.45, 2.75) is 45.2 Å². The van der Waals surface area contributed by atoms with E-state index in [-0.39, 0.29) is 12.4 Å². The maximum Gasteiger partial charge on any atom is 0.186 e. The van der Waals surface area contributed by atoms with Gasteiger partial charge in [0.2, 0.25) is 0 Å². The van der Waals surface area contributed by atoms with E-state index in [4.69, 9.17) is 9.47 Å². The van der Waals surface area contributed by atoms with E-state index in [1.165, 1.54) is 6.33 Å². The number of rotatable bonds is 5. The summed E-state index contributed by atoms with van der Waals surface area (Å²) < 4.78 is 24.8. The van der Waals surface area contributed by atoms with Gasteiger partial charge in [-0.05, 0) is 20.3 Å². The van der Waals surface area contributed by atoms with E-state index in [2.05, 4.69) is 15.3 Å². The molecule has 1 aliphatic heterocycles. The molecule has 0 radical (unpaired) electrons. The topological polar surface area (TPSA) is 76.5 Å². The molecule has 0 aromatic carbocycles. The third kappa shape index (κ3) is 3.41. The van der Waals surface area contributed by atoms with Gasteiger partial charge in [0.25, 0.3) is 0 Å². The molecule has 1 aromatic rings. The number of ether oxygens (including phenoxy) is 2. The van der Waals surface area contributed by atoms with Crippen molar-refractivity contribution in [1.29, 1.82) is 0 Å². The molecule has 0 bridgehead atoms. The zero-order valence-electron chi connectivity index (χ0n) is 11.9. The molecule has 1 aliphatic rings. The minimum absolute atomic E-state index is 0.0917. The van der Waals surface area contributed by atoms with Gasteiger partial charge in [-0.1, -0.05) is 6.92 Å². The summed E-state index contributed by atoms with van der Waals surface area (Å²) >= 11 is 0. The van der Waals surface area contributed by atoms with E-state index in [1.54, 1.807) is 13.8 Å². The van der Waals surface area contributed by atoms with Crippen molar-refractivity contribution < 1.29 is 19.0 Å². The Morgan fingerprint density at radius 2 is 2.30 bits per heavy atom. The molecular formula is C13H20FN3O3. The summed E-state index contributed by atoms with van der Waals surface area (Å²) in [5.41, 5.74) is 0.346. The Morgan fingerprint density at radius 1 is 1.55 bits per heavy atom. The fourth-order valence-electron chi connectivity index (χ4n) is 2.01. The summed E-state index contributed by atoms with van der Waals surface area (Å²) in [5.74, 6) is -1.08. The lowest BCUT2D eigenvalue weighted by Gasteiger charge is -2.21. The third-order valence-electron chi connectivity index (χ3n) is 3.13. The lowest BCUT2D eigenvalue weighted by Crippen LogP contribution is -2.36. The van der Waals surface area contributed by atoms with Crippen LogP contribution in [0.3, 0.4) is 0 Å². The quantitative estimate of drug-likeness (QED) is 0.844. The molecule has 2 atom stereocenters. The predicted octanol–water partition coefficient (Wildman–Crippen LogP) is 1.10. The van der Waals surface area contributed by atoms with Crippen molar-refractivity contribution in [3.05, 3.63) is 17.8 Å². The minimum Gasteiger partial charge on any atom is -0.388 e. The average molecular weight is 285 g/mol. The largest absolute Gasteiger partial charge is 0.388 e. The molecule has 2 heterocycles. The number of hydrogen-bond acceptors (Lipinski definition) is 6. The van der Waals surface area contributed by atoms with Crippen LogP contribution in [0, 0.1) is 5.82 Å². The summed E-state index contributed by atoms with van der Waals surface area (Å²) in [7, 11) is 0. The fourth-order valence-corrected chi connectivity index (χ4v) is 2.01. The summed E-state index contributed by atoms with van der Waals surface area (Å²) in [6, 6.07) is 0. The number of hydrogen-bond donors (Lipinski definition) is 2. The normalized spacial score (nSPS) is 22.8. The molecule has 0 spiro atoms. The molecule has 1 saturated heterocycles. The van der Waals surface area contributed by atoms with Crippen LogP contribution in [-0.4, -0.2) is 46.2 Å². The highest BCUT2D eigenvalue weighted by Gasteiger charge is 2.36. The van der Waals surface area contributed by atoms with Crippen LogP contribution in [0.2, 0.25) is 0 Å². The van der Waals surface area contributed by atoms with Crippen molar-refractivity contribution in [2.24, 2.45) is 0 Å². The predicted molar refractivity (Wildman–Crippen MR) is 70.8 cm³/mol. The van der Waals surface area contributed by atoms with Gasteiger partial charge in [-0.2, -0.15) is 0 Å². The highest BCUT2D eigenvalue weighted by atomic mass is 19.1. The molecule has 112 valence electrons. The van der Waals surface area contributed by atoms with Crippen LogP contribution in [0.1, 0.15) is 26.5 Å². The van der Waals surface area contributed by atoms with E-state index in [0.29, 0.717) is 18.7 Å². The summed E-state index contributed by atoms with van der Waals surface area (Å²) in [6.45, 7) is 5.81. The van der Waals surface area contributed by atoms with Crippen LogP contribution in [0.25, 0.3) is 0 Å². The Morgan fingerprint density at radius 3 is 2.90 bits per heavy atom. The van der Waals surface area contributed by atoms with E-state index in [9.17, 15) is 9.50 Å². The van der Waals surface area contributed by atoms with Gasteiger partial charge in [-0.15, -0.1) is 0 Å². The number of halogens is 1. The molecular weight excluding hydrogens is 265 g/mol. The molecule has 6 nitrogen and oxygen atoms in total. The lowest BCUT2D eigenvalue weighted by molar-refractivity contribution is -0.149. The average Bonchev–Trinajstić information content (AvgIpc) is 2.77. The molecule has 1 unspecified atom stereocenters. The van der Waals surface area contributed by atoms with Crippen LogP contribution in [0.15, 0.2) is 6.33 Å². The number of nitrogens with zero attached hydrogens (tertiary/aromatic N) is 2. The zero-order valence-corrected chi connectivity index (χ0v) is 11.9. The maximum atomic E-state index is 13.9. The van der Waals surface area contributed by atoms with Gasteiger partial charge in [0.1, 0.15) is 12.4 Å². The number of aryl methyl sites for hydroxylation is 1. The van der Waals surface area contributed by atoms with Crippen molar-refractivity contribution in [2.75, 3.05) is 18.5 Å². The number of anilines is 1. The highest BCUT2D eigenvalue weighted by molar-refractivity contribution is 5.37. The van der Waals surface area contributed by atoms with Gasteiger partial charge in [-0.25, -0.2) is 14.4 Å². The molecule has 0 aliphatic carbocycles.